The van der Waals surface area contributed by atoms with Crippen LogP contribution in [0.5, 0.6) is 0 Å². The molecule has 0 aromatic rings. The van der Waals surface area contributed by atoms with Gasteiger partial charge in [-0.2, -0.15) is 119 Å². The van der Waals surface area contributed by atoms with Crippen LogP contribution in [0.4, 0.5) is 119 Å². The molecule has 0 saturated heterocycles. The first kappa shape index (κ1) is 50.2. The lowest BCUT2D eigenvalue weighted by Crippen LogP contribution is -2.79. The van der Waals surface area contributed by atoms with Crippen LogP contribution < -0.4 is 0 Å². The number of rotatable bonds is 19. The van der Waals surface area contributed by atoms with Crippen LogP contribution in [0.15, 0.2) is 0 Å². The highest BCUT2D eigenvalue weighted by Crippen LogP contribution is 2.69. The Morgan fingerprint density at radius 3 is 0.673 bits per heavy atom. The van der Waals surface area contributed by atoms with Gasteiger partial charge in [-0.1, -0.05) is 6.92 Å². The van der Waals surface area contributed by atoms with Crippen LogP contribution in [0.3, 0.4) is 0 Å². The minimum atomic E-state index is -9.81. The highest BCUT2D eigenvalue weighted by Gasteiger charge is 3.00. The van der Waals surface area contributed by atoms with Gasteiger partial charge >= 0.3 is 86.1 Å². The summed E-state index contributed by atoms with van der Waals surface area (Å²) in [4.78, 5) is 0. The Kier molecular flexibility index (Phi) is 13.3. The lowest BCUT2D eigenvalue weighted by molar-refractivity contribution is -0.485. The van der Waals surface area contributed by atoms with Gasteiger partial charge in [0.25, 0.3) is 0 Å². The molecule has 1 atom stereocenters. The van der Waals surface area contributed by atoms with Gasteiger partial charge in [-0.05, 0) is 20.8 Å². The average Bonchev–Trinajstić information content (AvgIpc) is 2.95. The van der Waals surface area contributed by atoms with E-state index in [1.165, 1.54) is 0 Å². The Hall–Kier alpha value is -1.79. The predicted octanol–water partition coefficient (Wildman–Crippen LogP) is 10.6. The lowest BCUT2D eigenvalue weighted by Gasteiger charge is -2.47. The fourth-order valence-corrected chi connectivity index (χ4v) is 6.59. The van der Waals surface area contributed by atoms with Crippen molar-refractivity contribution in [3.05, 3.63) is 0 Å². The second-order valence-corrected chi connectivity index (χ2v) is 13.0. The molecular weight excluding hydrogens is 841 g/mol. The summed E-state index contributed by atoms with van der Waals surface area (Å²) in [7, 11) is -5.70. The van der Waals surface area contributed by atoms with E-state index in [2.05, 4.69) is 13.3 Å². The molecule has 0 aromatic carbocycles. The van der Waals surface area contributed by atoms with Crippen molar-refractivity contribution >= 4 is 8.80 Å². The van der Waals surface area contributed by atoms with Crippen molar-refractivity contribution in [3.63, 3.8) is 0 Å². The molecule has 0 spiro atoms. The number of alkyl halides is 27. The van der Waals surface area contributed by atoms with Crippen molar-refractivity contribution in [3.8, 4) is 0 Å². The van der Waals surface area contributed by atoms with Crippen LogP contribution >= 0.6 is 0 Å². The molecule has 0 aliphatic rings. The molecule has 0 amide bonds. The van der Waals surface area contributed by atoms with E-state index < -0.39 is 111 Å². The maximum absolute atomic E-state index is 14.9. The summed E-state index contributed by atoms with van der Waals surface area (Å²) in [6.45, 7) is -0.756. The Labute approximate surface area is 272 Å². The van der Waals surface area contributed by atoms with Crippen molar-refractivity contribution in [2.45, 2.75) is 110 Å². The Morgan fingerprint density at radius 1 is 0.327 bits per heavy atom. The van der Waals surface area contributed by atoms with Crippen LogP contribution in [0.25, 0.3) is 0 Å². The normalized spacial score (nSPS) is 17.1. The largest absolute Gasteiger partial charge is 0.510 e. The summed E-state index contributed by atoms with van der Waals surface area (Å²) < 4.78 is 386. The van der Waals surface area contributed by atoms with E-state index in [9.17, 15) is 119 Å². The minimum absolute atomic E-state index is 0.364. The molecule has 0 aromatic heterocycles. The maximum Gasteiger partial charge on any atom is 0.510 e. The molecule has 0 heterocycles. The molecule has 3 nitrogen and oxygen atoms in total. The van der Waals surface area contributed by atoms with Crippen molar-refractivity contribution < 1.29 is 132 Å². The van der Waals surface area contributed by atoms with Gasteiger partial charge in [0.15, 0.2) is 0 Å². The molecule has 0 saturated carbocycles. The molecule has 0 radical (unpaired) electrons. The smallest absolute Gasteiger partial charge is 0.373 e. The van der Waals surface area contributed by atoms with Crippen molar-refractivity contribution in [2.24, 2.45) is 0 Å². The zero-order valence-corrected chi connectivity index (χ0v) is 26.1. The zero-order chi connectivity index (χ0) is 42.8. The van der Waals surface area contributed by atoms with Gasteiger partial charge in [0, 0.05) is 19.8 Å². The highest BCUT2D eigenvalue weighted by molar-refractivity contribution is 6.62. The van der Waals surface area contributed by atoms with Gasteiger partial charge in [-0.3, -0.25) is 0 Å². The van der Waals surface area contributed by atoms with E-state index in [0.29, 0.717) is 0 Å². The Bertz CT molecular complexity index is 1210. The molecular formula is C21H19F27O3Si. The van der Waals surface area contributed by atoms with Crippen molar-refractivity contribution in [1.82, 2.24) is 0 Å². The van der Waals surface area contributed by atoms with E-state index >= 15 is 0 Å². The quantitative estimate of drug-likeness (QED) is 0.0957. The Morgan fingerprint density at radius 2 is 0.500 bits per heavy atom. The van der Waals surface area contributed by atoms with Crippen molar-refractivity contribution in [2.75, 3.05) is 19.8 Å². The van der Waals surface area contributed by atoms with Gasteiger partial charge in [-0.25, -0.2) is 0 Å². The first-order valence-corrected chi connectivity index (χ1v) is 14.7. The third-order valence-corrected chi connectivity index (χ3v) is 10.3. The summed E-state index contributed by atoms with van der Waals surface area (Å²) in [5.74, 6) is -110. The van der Waals surface area contributed by atoms with E-state index in [1.807, 2.05) is 0 Å². The third kappa shape index (κ3) is 6.34. The maximum atomic E-state index is 14.9. The van der Waals surface area contributed by atoms with Gasteiger partial charge in [0.05, 0.1) is 5.54 Å². The predicted molar refractivity (Wildman–Crippen MR) is 115 cm³/mol. The molecule has 0 fully saturated rings. The standard InChI is InChI=1S/C21H19F27O3Si/c1-5-49-52(50-6-2,51-7-3)8(4)9(22,23)10(24,25)11(26,27)12(28,29)13(30,31)14(32,33)15(34,35)16(36,37)17(38,39)18(40,41)19(42,43)20(44,45)21(46,47)48/h8H,5-7H2,1-4H3. The Balaban J connectivity index is 7.63. The monoisotopic (exact) mass is 860 g/mol. The first-order chi connectivity index (χ1) is 22.3. The molecule has 0 aliphatic carbocycles. The summed E-state index contributed by atoms with van der Waals surface area (Å²) >= 11 is 0. The van der Waals surface area contributed by atoms with E-state index in [0.717, 1.165) is 20.8 Å². The minimum Gasteiger partial charge on any atom is -0.373 e. The molecule has 31 heteroatoms. The highest BCUT2D eigenvalue weighted by atomic mass is 28.4. The molecule has 52 heavy (non-hydrogen) atoms. The van der Waals surface area contributed by atoms with Crippen molar-refractivity contribution in [1.29, 1.82) is 0 Å². The fourth-order valence-electron chi connectivity index (χ4n) is 3.76. The van der Waals surface area contributed by atoms with Gasteiger partial charge in [0.2, 0.25) is 0 Å². The van der Waals surface area contributed by atoms with Gasteiger partial charge in [0.1, 0.15) is 0 Å². The molecule has 0 aliphatic heterocycles. The van der Waals surface area contributed by atoms with E-state index in [1.54, 1.807) is 0 Å². The SMILES string of the molecule is CCO[Si](OCC)(OCC)C(C)C(F)(F)C(F)(F)C(F)(F)C(F)(F)C(F)(F)C(F)(F)C(F)(F)C(F)(F)C(F)(F)C(F)(F)C(F)(F)C(F)(F)C(F)(F)F. The molecule has 1 unspecified atom stereocenters. The average molecular weight is 860 g/mol. The molecule has 0 bridgehead atoms. The van der Waals surface area contributed by atoms with Gasteiger partial charge < -0.3 is 13.3 Å². The van der Waals surface area contributed by atoms with E-state index in [-0.39, 0.29) is 6.92 Å². The zero-order valence-electron chi connectivity index (χ0n) is 25.1. The van der Waals surface area contributed by atoms with Crippen LogP contribution in [-0.4, -0.2) is 106 Å². The number of hydrogen-bond acceptors (Lipinski definition) is 3. The molecule has 0 N–H and O–H groups in total. The summed E-state index contributed by atoms with van der Waals surface area (Å²) in [6.07, 6.45) is -8.25. The second kappa shape index (κ2) is 13.7. The second-order valence-electron chi connectivity index (χ2n) is 10.1. The van der Waals surface area contributed by atoms with Crippen LogP contribution in [0.1, 0.15) is 27.7 Å². The number of halogens is 27. The summed E-state index contributed by atoms with van der Waals surface area (Å²) in [5.41, 5.74) is -3.89. The summed E-state index contributed by atoms with van der Waals surface area (Å²) in [5, 5.41) is 0. The topological polar surface area (TPSA) is 27.7 Å². The lowest BCUT2D eigenvalue weighted by atomic mass is 9.83. The van der Waals surface area contributed by atoms with Crippen LogP contribution in [0, 0.1) is 0 Å². The number of hydrogen-bond donors (Lipinski definition) is 0. The van der Waals surface area contributed by atoms with Gasteiger partial charge in [-0.15, -0.1) is 0 Å². The fraction of sp³-hybridized carbons (Fsp3) is 1.00. The van der Waals surface area contributed by atoms with E-state index in [4.69, 9.17) is 0 Å². The van der Waals surface area contributed by atoms with Crippen LogP contribution in [-0.2, 0) is 13.3 Å². The molecule has 314 valence electrons. The summed E-state index contributed by atoms with van der Waals surface area (Å²) in [6, 6.07) is 0. The molecule has 0 rings (SSSR count). The van der Waals surface area contributed by atoms with Crippen LogP contribution in [0.2, 0.25) is 5.54 Å². The first-order valence-electron chi connectivity index (χ1n) is 12.9. The third-order valence-electron chi connectivity index (χ3n) is 6.83.